The van der Waals surface area contributed by atoms with Crippen molar-refractivity contribution in [1.82, 2.24) is 19.8 Å². The highest BCUT2D eigenvalue weighted by molar-refractivity contribution is 5.78. The Morgan fingerprint density at radius 3 is 2.76 bits per heavy atom. The minimum Gasteiger partial charge on any atom is -0.481 e. The molecule has 2 aromatic heterocycles. The van der Waals surface area contributed by atoms with Gasteiger partial charge in [0.1, 0.15) is 5.82 Å². The molecule has 9 heteroatoms. The predicted molar refractivity (Wildman–Crippen MR) is 121 cm³/mol. The molecule has 0 aliphatic carbocycles. The van der Waals surface area contributed by atoms with Crippen molar-refractivity contribution in [2.24, 2.45) is 5.92 Å². The zero-order valence-corrected chi connectivity index (χ0v) is 18.4. The molecule has 174 valence electrons. The van der Waals surface area contributed by atoms with Gasteiger partial charge in [0.05, 0.1) is 30.4 Å². The monoisotopic (exact) mass is 454 g/mol. The van der Waals surface area contributed by atoms with Gasteiger partial charge in [-0.1, -0.05) is 30.3 Å². The van der Waals surface area contributed by atoms with Crippen LogP contribution in [0.4, 0.5) is 9.18 Å². The summed E-state index contributed by atoms with van der Waals surface area (Å²) in [7, 11) is 1.50. The molecule has 1 aliphatic heterocycles. The van der Waals surface area contributed by atoms with E-state index in [0.29, 0.717) is 48.5 Å². The first kappa shape index (κ1) is 22.9. The van der Waals surface area contributed by atoms with Crippen molar-refractivity contribution in [3.05, 3.63) is 65.6 Å². The summed E-state index contributed by atoms with van der Waals surface area (Å²) >= 11 is 0. The summed E-state index contributed by atoms with van der Waals surface area (Å²) < 4.78 is 19.7. The van der Waals surface area contributed by atoms with Crippen molar-refractivity contribution in [2.75, 3.05) is 33.3 Å². The second kappa shape index (κ2) is 10.1. The van der Waals surface area contributed by atoms with Gasteiger partial charge in [0.15, 0.2) is 0 Å². The maximum absolute atomic E-state index is 14.6. The number of pyridine rings is 2. The van der Waals surface area contributed by atoms with Gasteiger partial charge in [-0.15, -0.1) is 0 Å². The molecule has 0 spiro atoms. The average molecular weight is 455 g/mol. The molecule has 1 aliphatic rings. The Kier molecular flexibility index (Phi) is 7.00. The number of β-amino-alcohol motifs (C(OH)–C–C–N with tert-alkyl or cyclic N) is 1. The van der Waals surface area contributed by atoms with Gasteiger partial charge in [-0.3, -0.25) is 9.88 Å². The third-order valence-electron chi connectivity index (χ3n) is 6.05. The molecular formula is C24H27FN4O4. The van der Waals surface area contributed by atoms with Crippen LogP contribution in [0.25, 0.3) is 11.0 Å². The zero-order chi connectivity index (χ0) is 23.4. The van der Waals surface area contributed by atoms with Crippen LogP contribution >= 0.6 is 0 Å². The minimum absolute atomic E-state index is 0.220. The number of likely N-dealkylation sites (tertiary alicyclic amines) is 1. The van der Waals surface area contributed by atoms with Gasteiger partial charge < -0.3 is 19.8 Å². The molecule has 0 radical (unpaired) electrons. The van der Waals surface area contributed by atoms with Crippen LogP contribution in [0.2, 0.25) is 0 Å². The molecule has 3 heterocycles. The number of hydrogen-bond donors (Lipinski definition) is 2. The number of benzene rings is 1. The van der Waals surface area contributed by atoms with Crippen molar-refractivity contribution < 1.29 is 24.1 Å². The van der Waals surface area contributed by atoms with Gasteiger partial charge in [0.25, 0.3) is 0 Å². The van der Waals surface area contributed by atoms with E-state index in [-0.39, 0.29) is 19.0 Å². The summed E-state index contributed by atoms with van der Waals surface area (Å²) in [5, 5.41) is 20.2. The first-order chi connectivity index (χ1) is 15.9. The van der Waals surface area contributed by atoms with E-state index >= 15 is 0 Å². The van der Waals surface area contributed by atoms with Crippen LogP contribution in [0.15, 0.2) is 48.7 Å². The van der Waals surface area contributed by atoms with Gasteiger partial charge in [0, 0.05) is 50.3 Å². The first-order valence-electron chi connectivity index (χ1n) is 10.8. The van der Waals surface area contributed by atoms with Crippen molar-refractivity contribution in [3.8, 4) is 5.88 Å². The van der Waals surface area contributed by atoms with Crippen molar-refractivity contribution >= 4 is 17.1 Å². The molecule has 2 N–H and O–H groups in total. The fourth-order valence-electron chi connectivity index (χ4n) is 4.30. The van der Waals surface area contributed by atoms with E-state index in [2.05, 4.69) is 9.97 Å². The minimum atomic E-state index is -1.02. The van der Waals surface area contributed by atoms with Crippen LogP contribution in [-0.2, 0) is 13.0 Å². The Morgan fingerprint density at radius 1 is 1.24 bits per heavy atom. The fourth-order valence-corrected chi connectivity index (χ4v) is 4.30. The molecule has 0 saturated carbocycles. The van der Waals surface area contributed by atoms with E-state index in [1.807, 2.05) is 35.2 Å². The average Bonchev–Trinajstić information content (AvgIpc) is 3.17. The topological polar surface area (TPSA) is 99.0 Å². The van der Waals surface area contributed by atoms with E-state index in [9.17, 15) is 19.4 Å². The number of amides is 1. The molecule has 2 atom stereocenters. The first-order valence-corrected chi connectivity index (χ1v) is 10.8. The Morgan fingerprint density at radius 2 is 2.03 bits per heavy atom. The molecule has 1 amide bonds. The lowest BCUT2D eigenvalue weighted by Crippen LogP contribution is -2.37. The maximum Gasteiger partial charge on any atom is 0.407 e. The summed E-state index contributed by atoms with van der Waals surface area (Å²) in [6.07, 6.45) is -0.0893. The predicted octanol–water partition coefficient (Wildman–Crippen LogP) is 2.79. The summed E-state index contributed by atoms with van der Waals surface area (Å²) in [5.74, 6) is -0.262. The number of carbonyl (C=O) groups is 1. The number of aromatic nitrogens is 2. The molecule has 1 saturated heterocycles. The summed E-state index contributed by atoms with van der Waals surface area (Å²) in [6.45, 7) is 1.94. The van der Waals surface area contributed by atoms with Crippen LogP contribution in [0.3, 0.4) is 0 Å². The number of aliphatic hydroxyl groups excluding tert-OH is 1. The third-order valence-corrected chi connectivity index (χ3v) is 6.05. The summed E-state index contributed by atoms with van der Waals surface area (Å²) in [5.41, 5.74) is 2.40. The Labute approximate surface area is 191 Å². The van der Waals surface area contributed by atoms with E-state index in [1.54, 1.807) is 12.1 Å². The molecule has 33 heavy (non-hydrogen) atoms. The largest absolute Gasteiger partial charge is 0.481 e. The summed E-state index contributed by atoms with van der Waals surface area (Å²) in [6, 6.07) is 12.8. The van der Waals surface area contributed by atoms with Crippen LogP contribution < -0.4 is 4.74 Å². The number of aliphatic hydroxyl groups is 1. The van der Waals surface area contributed by atoms with Crippen LogP contribution in [0.5, 0.6) is 5.88 Å². The Balaban J connectivity index is 1.41. The van der Waals surface area contributed by atoms with Gasteiger partial charge in [-0.05, 0) is 18.1 Å². The van der Waals surface area contributed by atoms with Gasteiger partial charge >= 0.3 is 6.09 Å². The molecule has 8 nitrogen and oxygen atoms in total. The number of methoxy groups -OCH3 is 1. The number of halogens is 1. The number of carboxylic acid groups (broad SMARTS) is 1. The highest BCUT2D eigenvalue weighted by atomic mass is 19.1. The Bertz CT molecular complexity index is 1110. The lowest BCUT2D eigenvalue weighted by Gasteiger charge is -2.24. The van der Waals surface area contributed by atoms with Crippen LogP contribution in [0, 0.1) is 11.7 Å². The van der Waals surface area contributed by atoms with E-state index in [1.165, 1.54) is 18.2 Å². The van der Waals surface area contributed by atoms with Gasteiger partial charge in [-0.2, -0.15) is 0 Å². The van der Waals surface area contributed by atoms with Crippen molar-refractivity contribution in [2.45, 2.75) is 19.1 Å². The molecule has 1 aromatic carbocycles. The molecule has 3 aromatic rings. The van der Waals surface area contributed by atoms with E-state index in [4.69, 9.17) is 4.74 Å². The maximum atomic E-state index is 14.6. The number of hydrogen-bond acceptors (Lipinski definition) is 6. The van der Waals surface area contributed by atoms with Crippen molar-refractivity contribution in [3.63, 3.8) is 0 Å². The second-order valence-electron chi connectivity index (χ2n) is 8.29. The molecule has 1 fully saturated rings. The molecular weight excluding hydrogens is 427 g/mol. The van der Waals surface area contributed by atoms with E-state index < -0.39 is 18.0 Å². The van der Waals surface area contributed by atoms with Gasteiger partial charge in [0.2, 0.25) is 5.88 Å². The van der Waals surface area contributed by atoms with Gasteiger partial charge in [-0.25, -0.2) is 14.2 Å². The molecule has 0 bridgehead atoms. The SMILES string of the molecule is COc1ccc2ncc(F)c(CCN3CC(O)C(CN(Cc4ccccc4)C(=O)O)C3)c2n1. The summed E-state index contributed by atoms with van der Waals surface area (Å²) in [4.78, 5) is 23.6. The van der Waals surface area contributed by atoms with E-state index in [0.717, 1.165) is 5.56 Å². The smallest absolute Gasteiger partial charge is 0.407 e. The van der Waals surface area contributed by atoms with Crippen molar-refractivity contribution in [1.29, 1.82) is 0 Å². The highest BCUT2D eigenvalue weighted by Gasteiger charge is 2.33. The normalized spacial score (nSPS) is 18.5. The zero-order valence-electron chi connectivity index (χ0n) is 18.4. The number of nitrogens with zero attached hydrogens (tertiary/aromatic N) is 4. The third kappa shape index (κ3) is 5.37. The lowest BCUT2D eigenvalue weighted by molar-refractivity contribution is 0.0995. The van der Waals surface area contributed by atoms with Crippen LogP contribution in [-0.4, -0.2) is 75.5 Å². The van der Waals surface area contributed by atoms with Crippen LogP contribution in [0.1, 0.15) is 11.1 Å². The Hall–Kier alpha value is -3.30. The number of fused-ring (bicyclic) bond motifs is 1. The number of ether oxygens (including phenoxy) is 1. The number of rotatable bonds is 8. The lowest BCUT2D eigenvalue weighted by atomic mass is 10.1. The second-order valence-corrected chi connectivity index (χ2v) is 8.29. The molecule has 2 unspecified atom stereocenters. The highest BCUT2D eigenvalue weighted by Crippen LogP contribution is 2.24. The molecule has 4 rings (SSSR count). The quantitative estimate of drug-likeness (QED) is 0.540. The standard InChI is InChI=1S/C24H27FN4O4/c1-33-22-8-7-20-23(27-22)18(19(25)11-26-20)9-10-28-13-17(21(30)15-28)14-29(24(31)32)12-16-5-3-2-4-6-16/h2-8,11,17,21,30H,9-10,12-15H2,1H3,(H,31,32). The fraction of sp³-hybridized carbons (Fsp3) is 0.375.